The molecule has 0 amide bonds. The van der Waals surface area contributed by atoms with Gasteiger partial charge in [-0.1, -0.05) is 72.3 Å². The molecule has 3 aromatic carbocycles. The van der Waals surface area contributed by atoms with Crippen molar-refractivity contribution in [3.63, 3.8) is 0 Å². The fourth-order valence-electron chi connectivity index (χ4n) is 2.85. The number of hydrogen-bond donors (Lipinski definition) is 0. The van der Waals surface area contributed by atoms with Gasteiger partial charge in [0, 0.05) is 14.9 Å². The van der Waals surface area contributed by atoms with E-state index >= 15 is 0 Å². The van der Waals surface area contributed by atoms with Crippen LogP contribution in [0.3, 0.4) is 0 Å². The van der Waals surface area contributed by atoms with Crippen LogP contribution < -0.4 is 0 Å². The van der Waals surface area contributed by atoms with Crippen molar-refractivity contribution in [2.75, 3.05) is 6.26 Å². The summed E-state index contributed by atoms with van der Waals surface area (Å²) in [6, 6.07) is 24.3. The van der Waals surface area contributed by atoms with Crippen LogP contribution in [-0.2, 0) is 0 Å². The topological polar surface area (TPSA) is 0 Å². The minimum Gasteiger partial charge on any atom is -0.130 e. The molecule has 0 radical (unpaired) electrons. The molecule has 0 spiro atoms. The van der Waals surface area contributed by atoms with Gasteiger partial charge in [-0.15, -0.1) is 11.8 Å². The maximum atomic E-state index is 6.09. The summed E-state index contributed by atoms with van der Waals surface area (Å²) in [6.07, 6.45) is 3.98. The highest BCUT2D eigenvalue weighted by Crippen LogP contribution is 2.34. The first-order valence-electron chi connectivity index (χ1n) is 8.15. The quantitative estimate of drug-likeness (QED) is 0.240. The zero-order valence-corrected chi connectivity index (χ0v) is 16.7. The smallest absolute Gasteiger partial charge is 0.0406 e. The van der Waals surface area contributed by atoms with Gasteiger partial charge in [-0.2, -0.15) is 0 Å². The van der Waals surface area contributed by atoms with E-state index in [4.69, 9.17) is 23.2 Å². The van der Waals surface area contributed by atoms with Crippen LogP contribution in [-0.4, -0.2) is 6.26 Å². The van der Waals surface area contributed by atoms with Crippen LogP contribution >= 0.6 is 35.0 Å². The molecule has 0 aromatic heterocycles. The molecule has 130 valence electrons. The number of benzene rings is 3. The van der Waals surface area contributed by atoms with Gasteiger partial charge in [0.25, 0.3) is 0 Å². The fraction of sp³-hybridized carbons (Fsp3) is 0.0435. The number of halogens is 2. The standard InChI is InChI=1S/C23H18Cl2S/c1-3-22(16-8-14-21(26-2)15-9-16)23(17-4-10-19(24)11-5-17)18-6-12-20(25)13-7-18/h3-15H,1H2,2H3. The van der Waals surface area contributed by atoms with Crippen LogP contribution in [0.5, 0.6) is 0 Å². The van der Waals surface area contributed by atoms with Crippen molar-refractivity contribution in [1.82, 2.24) is 0 Å². The van der Waals surface area contributed by atoms with Crippen LogP contribution in [0.25, 0.3) is 11.1 Å². The predicted molar refractivity (Wildman–Crippen MR) is 117 cm³/mol. The van der Waals surface area contributed by atoms with E-state index in [2.05, 4.69) is 37.1 Å². The van der Waals surface area contributed by atoms with E-state index < -0.39 is 0 Å². The Labute approximate surface area is 169 Å². The zero-order valence-electron chi connectivity index (χ0n) is 14.4. The number of thioether (sulfide) groups is 1. The molecule has 0 bridgehead atoms. The second-order valence-electron chi connectivity index (χ2n) is 5.74. The van der Waals surface area contributed by atoms with Crippen molar-refractivity contribution in [3.8, 4) is 0 Å². The molecule has 26 heavy (non-hydrogen) atoms. The van der Waals surface area contributed by atoms with Crippen molar-refractivity contribution >= 4 is 46.1 Å². The van der Waals surface area contributed by atoms with Crippen molar-refractivity contribution < 1.29 is 0 Å². The molecule has 3 aromatic rings. The van der Waals surface area contributed by atoms with Gasteiger partial charge >= 0.3 is 0 Å². The SMILES string of the molecule is C=CC(=C(c1ccc(Cl)cc1)c1ccc(Cl)cc1)c1ccc(SC)cc1. The van der Waals surface area contributed by atoms with Crippen LogP contribution in [0, 0.1) is 0 Å². The van der Waals surface area contributed by atoms with Gasteiger partial charge in [-0.25, -0.2) is 0 Å². The average Bonchev–Trinajstić information content (AvgIpc) is 2.68. The molecule has 0 aliphatic carbocycles. The summed E-state index contributed by atoms with van der Waals surface area (Å²) >= 11 is 13.9. The Morgan fingerprint density at radius 2 is 1.15 bits per heavy atom. The van der Waals surface area contributed by atoms with Gasteiger partial charge in [0.05, 0.1) is 0 Å². The molecule has 0 saturated heterocycles. The van der Waals surface area contributed by atoms with E-state index in [-0.39, 0.29) is 0 Å². The molecule has 0 fully saturated rings. The van der Waals surface area contributed by atoms with E-state index in [9.17, 15) is 0 Å². The van der Waals surface area contributed by atoms with E-state index in [1.165, 1.54) is 4.90 Å². The predicted octanol–water partition coefficient (Wildman–Crippen LogP) is 7.86. The van der Waals surface area contributed by atoms with Gasteiger partial charge in [-0.3, -0.25) is 0 Å². The number of allylic oxidation sites excluding steroid dienone is 2. The summed E-state index contributed by atoms with van der Waals surface area (Å²) in [5.74, 6) is 0. The first-order chi connectivity index (χ1) is 12.6. The normalized spacial score (nSPS) is 10.4. The molecule has 0 unspecified atom stereocenters. The summed E-state index contributed by atoms with van der Waals surface area (Å²) in [6.45, 7) is 4.07. The summed E-state index contributed by atoms with van der Waals surface area (Å²) < 4.78 is 0. The Balaban J connectivity index is 2.24. The maximum Gasteiger partial charge on any atom is 0.0406 e. The molecular weight excluding hydrogens is 379 g/mol. The van der Waals surface area contributed by atoms with Crippen molar-refractivity contribution in [2.45, 2.75) is 4.90 Å². The van der Waals surface area contributed by atoms with Gasteiger partial charge in [0.2, 0.25) is 0 Å². The molecule has 0 aliphatic rings. The number of hydrogen-bond acceptors (Lipinski definition) is 1. The monoisotopic (exact) mass is 396 g/mol. The molecule has 3 heteroatoms. The third kappa shape index (κ3) is 4.24. The third-order valence-electron chi connectivity index (χ3n) is 4.14. The lowest BCUT2D eigenvalue weighted by Crippen LogP contribution is -1.94. The van der Waals surface area contributed by atoms with Crippen LogP contribution in [0.2, 0.25) is 10.0 Å². The summed E-state index contributed by atoms with van der Waals surface area (Å²) in [5, 5.41) is 1.43. The highest BCUT2D eigenvalue weighted by atomic mass is 35.5. The summed E-state index contributed by atoms with van der Waals surface area (Å²) in [7, 11) is 0. The van der Waals surface area contributed by atoms with Crippen molar-refractivity contribution in [1.29, 1.82) is 0 Å². The van der Waals surface area contributed by atoms with Crippen LogP contribution in [0.4, 0.5) is 0 Å². The highest BCUT2D eigenvalue weighted by molar-refractivity contribution is 7.98. The minimum absolute atomic E-state index is 0.716. The second-order valence-corrected chi connectivity index (χ2v) is 7.49. The highest BCUT2D eigenvalue weighted by Gasteiger charge is 2.12. The van der Waals surface area contributed by atoms with E-state index in [1.54, 1.807) is 11.8 Å². The average molecular weight is 397 g/mol. The number of rotatable bonds is 5. The Kier molecular flexibility index (Phi) is 6.26. The molecule has 0 atom stereocenters. The maximum absolute atomic E-state index is 6.09. The molecule has 0 saturated carbocycles. The first kappa shape index (κ1) is 18.8. The zero-order chi connectivity index (χ0) is 18.5. The van der Waals surface area contributed by atoms with Crippen LogP contribution in [0.15, 0.2) is 90.3 Å². The second kappa shape index (κ2) is 8.64. The summed E-state index contributed by atoms with van der Waals surface area (Å²) in [5.41, 5.74) is 5.46. The van der Waals surface area contributed by atoms with Gasteiger partial charge in [0.1, 0.15) is 0 Å². The lowest BCUT2D eigenvalue weighted by atomic mass is 9.89. The van der Waals surface area contributed by atoms with Gasteiger partial charge < -0.3 is 0 Å². The molecule has 0 aliphatic heterocycles. The van der Waals surface area contributed by atoms with E-state index in [0.29, 0.717) is 10.0 Å². The Bertz CT molecular complexity index is 874. The van der Waals surface area contributed by atoms with Gasteiger partial charge in [-0.05, 0) is 70.5 Å². The van der Waals surface area contributed by atoms with E-state index in [0.717, 1.165) is 27.8 Å². The Morgan fingerprint density at radius 3 is 1.54 bits per heavy atom. The molecular formula is C23H18Cl2S. The lowest BCUT2D eigenvalue weighted by Gasteiger charge is -2.15. The van der Waals surface area contributed by atoms with Crippen LogP contribution in [0.1, 0.15) is 16.7 Å². The van der Waals surface area contributed by atoms with E-state index in [1.807, 2.05) is 54.6 Å². The molecule has 0 nitrogen and oxygen atoms in total. The lowest BCUT2D eigenvalue weighted by molar-refractivity contribution is 1.44. The fourth-order valence-corrected chi connectivity index (χ4v) is 3.51. The Hall–Kier alpha value is -1.93. The van der Waals surface area contributed by atoms with Crippen molar-refractivity contribution in [3.05, 3.63) is 112 Å². The first-order valence-corrected chi connectivity index (χ1v) is 10.1. The molecule has 3 rings (SSSR count). The summed E-state index contributed by atoms with van der Waals surface area (Å²) in [4.78, 5) is 1.23. The third-order valence-corrected chi connectivity index (χ3v) is 5.39. The largest absolute Gasteiger partial charge is 0.130 e. The minimum atomic E-state index is 0.716. The Morgan fingerprint density at radius 1 is 0.731 bits per heavy atom. The molecule has 0 N–H and O–H groups in total. The van der Waals surface area contributed by atoms with Crippen molar-refractivity contribution in [2.24, 2.45) is 0 Å². The van der Waals surface area contributed by atoms with Gasteiger partial charge in [0.15, 0.2) is 0 Å². The molecule has 0 heterocycles.